The molecule has 3 N–H and O–H groups in total. The number of ether oxygens (including phenoxy) is 1. The first-order valence-corrected chi connectivity index (χ1v) is 7.90. The molecule has 0 saturated heterocycles. The Labute approximate surface area is 118 Å². The summed E-state index contributed by atoms with van der Waals surface area (Å²) in [6, 6.07) is 6.99. The van der Waals surface area contributed by atoms with Gasteiger partial charge in [0, 0.05) is 25.2 Å². The van der Waals surface area contributed by atoms with Crippen LogP contribution in [0.4, 0.5) is 4.79 Å². The zero-order valence-corrected chi connectivity index (χ0v) is 12.3. The summed E-state index contributed by atoms with van der Waals surface area (Å²) in [5.74, 6) is 0.701. The summed E-state index contributed by atoms with van der Waals surface area (Å²) in [5, 5.41) is 5.21. The molecule has 0 heterocycles. The second kappa shape index (κ2) is 7.71. The van der Waals surface area contributed by atoms with Gasteiger partial charge in [0.2, 0.25) is 10.0 Å². The molecule has 7 nitrogen and oxygen atoms in total. The average Bonchev–Trinajstić information content (AvgIpc) is 2.40. The van der Waals surface area contributed by atoms with E-state index in [1.54, 1.807) is 7.11 Å². The van der Waals surface area contributed by atoms with Crippen LogP contribution in [0, 0.1) is 0 Å². The first kappa shape index (κ1) is 16.3. The van der Waals surface area contributed by atoms with Gasteiger partial charge in [0.1, 0.15) is 5.75 Å². The molecule has 0 aliphatic carbocycles. The molecule has 0 saturated carbocycles. The van der Waals surface area contributed by atoms with Crippen molar-refractivity contribution in [3.8, 4) is 5.75 Å². The van der Waals surface area contributed by atoms with E-state index in [-0.39, 0.29) is 19.1 Å². The van der Waals surface area contributed by atoms with Crippen LogP contribution in [0.3, 0.4) is 0 Å². The lowest BCUT2D eigenvalue weighted by atomic mass is 10.2. The van der Waals surface area contributed by atoms with Gasteiger partial charge in [0.25, 0.3) is 0 Å². The maximum atomic E-state index is 11.5. The third-order valence-electron chi connectivity index (χ3n) is 2.41. The summed E-state index contributed by atoms with van der Waals surface area (Å²) in [5.41, 5.74) is 0.861. The van der Waals surface area contributed by atoms with Gasteiger partial charge in [-0.15, -0.1) is 0 Å². The molecule has 1 aromatic carbocycles. The second-order valence-electron chi connectivity index (χ2n) is 4.09. The molecule has 20 heavy (non-hydrogen) atoms. The zero-order valence-electron chi connectivity index (χ0n) is 11.5. The summed E-state index contributed by atoms with van der Waals surface area (Å²) in [6.45, 7) is 0.696. The molecular formula is C12H19N3O4S. The Morgan fingerprint density at radius 2 is 1.90 bits per heavy atom. The Balaban J connectivity index is 2.29. The highest BCUT2D eigenvalue weighted by atomic mass is 32.2. The van der Waals surface area contributed by atoms with Crippen LogP contribution in [-0.4, -0.2) is 40.9 Å². The van der Waals surface area contributed by atoms with Gasteiger partial charge in [-0.3, -0.25) is 0 Å². The summed E-state index contributed by atoms with van der Waals surface area (Å²) in [4.78, 5) is 11.5. The fourth-order valence-corrected chi connectivity index (χ4v) is 1.97. The van der Waals surface area contributed by atoms with E-state index < -0.39 is 10.0 Å². The van der Waals surface area contributed by atoms with Crippen molar-refractivity contribution in [2.45, 2.75) is 6.54 Å². The number of hydrogen-bond donors (Lipinski definition) is 3. The van der Waals surface area contributed by atoms with E-state index in [0.717, 1.165) is 11.8 Å². The number of sulfonamides is 1. The number of carbonyl (C=O) groups excluding carboxylic acids is 1. The fraction of sp³-hybridized carbons (Fsp3) is 0.417. The van der Waals surface area contributed by atoms with Gasteiger partial charge in [0.15, 0.2) is 0 Å². The highest BCUT2D eigenvalue weighted by Crippen LogP contribution is 2.16. The Bertz CT molecular complexity index is 545. The molecule has 0 aliphatic heterocycles. The van der Waals surface area contributed by atoms with E-state index in [2.05, 4.69) is 15.4 Å². The third kappa shape index (κ3) is 6.39. The van der Waals surface area contributed by atoms with Crippen LogP contribution in [0.2, 0.25) is 0 Å². The minimum atomic E-state index is -3.22. The number of urea groups is 1. The van der Waals surface area contributed by atoms with E-state index in [1.165, 1.54) is 0 Å². The molecule has 0 fully saturated rings. The molecule has 0 spiro atoms. The van der Waals surface area contributed by atoms with Crippen LogP contribution in [0.5, 0.6) is 5.75 Å². The molecule has 0 aromatic heterocycles. The Morgan fingerprint density at radius 3 is 2.55 bits per heavy atom. The molecule has 2 amide bonds. The normalized spacial score (nSPS) is 10.9. The summed E-state index contributed by atoms with van der Waals surface area (Å²) in [7, 11) is -1.66. The number of hydrogen-bond acceptors (Lipinski definition) is 4. The minimum Gasteiger partial charge on any atom is -0.496 e. The molecule has 0 bridgehead atoms. The van der Waals surface area contributed by atoms with Gasteiger partial charge < -0.3 is 15.4 Å². The number of amides is 2. The molecule has 0 radical (unpaired) electrons. The van der Waals surface area contributed by atoms with E-state index in [9.17, 15) is 13.2 Å². The Hall–Kier alpha value is -1.80. The largest absolute Gasteiger partial charge is 0.496 e. The molecule has 1 aromatic rings. The Morgan fingerprint density at radius 1 is 1.20 bits per heavy atom. The van der Waals surface area contributed by atoms with E-state index in [1.807, 2.05) is 24.3 Å². The van der Waals surface area contributed by atoms with Gasteiger partial charge in [0.05, 0.1) is 13.4 Å². The zero-order chi connectivity index (χ0) is 15.0. The van der Waals surface area contributed by atoms with Crippen LogP contribution in [0.25, 0.3) is 0 Å². The molecule has 1 rings (SSSR count). The number of methoxy groups -OCH3 is 1. The van der Waals surface area contributed by atoms with Gasteiger partial charge >= 0.3 is 6.03 Å². The maximum absolute atomic E-state index is 11.5. The predicted molar refractivity (Wildman–Crippen MR) is 76.1 cm³/mol. The molecule has 8 heteroatoms. The van der Waals surface area contributed by atoms with Gasteiger partial charge in [-0.2, -0.15) is 0 Å². The molecule has 0 atom stereocenters. The van der Waals surface area contributed by atoms with Crippen molar-refractivity contribution in [2.24, 2.45) is 0 Å². The monoisotopic (exact) mass is 301 g/mol. The van der Waals surface area contributed by atoms with E-state index in [4.69, 9.17) is 4.74 Å². The van der Waals surface area contributed by atoms with Crippen LogP contribution >= 0.6 is 0 Å². The molecular weight excluding hydrogens is 282 g/mol. The lowest BCUT2D eigenvalue weighted by Gasteiger charge is -2.10. The van der Waals surface area contributed by atoms with E-state index in [0.29, 0.717) is 12.3 Å². The quantitative estimate of drug-likeness (QED) is 0.620. The van der Waals surface area contributed by atoms with Crippen LogP contribution in [0.15, 0.2) is 24.3 Å². The third-order valence-corrected chi connectivity index (χ3v) is 3.14. The molecule has 112 valence electrons. The van der Waals surface area contributed by atoms with Crippen molar-refractivity contribution in [2.75, 3.05) is 26.5 Å². The van der Waals surface area contributed by atoms with Crippen molar-refractivity contribution >= 4 is 16.1 Å². The van der Waals surface area contributed by atoms with Crippen LogP contribution < -0.4 is 20.1 Å². The highest BCUT2D eigenvalue weighted by molar-refractivity contribution is 7.88. The smallest absolute Gasteiger partial charge is 0.315 e. The standard InChI is InChI=1S/C12H19N3O4S/c1-19-11-6-4-3-5-10(11)9-14-12(16)13-7-8-15-20(2,17)18/h3-6,15H,7-9H2,1-2H3,(H2,13,14,16). The summed E-state index contributed by atoms with van der Waals surface area (Å²) >= 11 is 0. The fourth-order valence-electron chi connectivity index (χ4n) is 1.50. The van der Waals surface area contributed by atoms with Crippen LogP contribution in [-0.2, 0) is 16.6 Å². The van der Waals surface area contributed by atoms with Gasteiger partial charge in [-0.05, 0) is 6.07 Å². The molecule has 0 unspecified atom stereocenters. The van der Waals surface area contributed by atoms with Crippen molar-refractivity contribution < 1.29 is 17.9 Å². The maximum Gasteiger partial charge on any atom is 0.315 e. The van der Waals surface area contributed by atoms with Crippen LogP contribution in [0.1, 0.15) is 5.56 Å². The number of nitrogens with one attached hydrogen (secondary N) is 3. The number of carbonyl (C=O) groups is 1. The number of benzene rings is 1. The number of para-hydroxylation sites is 1. The van der Waals surface area contributed by atoms with Crippen molar-refractivity contribution in [3.05, 3.63) is 29.8 Å². The highest BCUT2D eigenvalue weighted by Gasteiger charge is 2.05. The minimum absolute atomic E-state index is 0.154. The van der Waals surface area contributed by atoms with Gasteiger partial charge in [-0.25, -0.2) is 17.9 Å². The van der Waals surface area contributed by atoms with Crippen molar-refractivity contribution in [1.29, 1.82) is 0 Å². The van der Waals surface area contributed by atoms with Crippen molar-refractivity contribution in [3.63, 3.8) is 0 Å². The second-order valence-corrected chi connectivity index (χ2v) is 5.92. The predicted octanol–water partition coefficient (Wildman–Crippen LogP) is 0.0436. The topological polar surface area (TPSA) is 96.5 Å². The SMILES string of the molecule is COc1ccccc1CNC(=O)NCCNS(C)(=O)=O. The first-order valence-electron chi connectivity index (χ1n) is 6.00. The van der Waals surface area contributed by atoms with Gasteiger partial charge in [-0.1, -0.05) is 18.2 Å². The average molecular weight is 301 g/mol. The Kier molecular flexibility index (Phi) is 6.26. The van der Waals surface area contributed by atoms with E-state index >= 15 is 0 Å². The summed E-state index contributed by atoms with van der Waals surface area (Å²) in [6.07, 6.45) is 1.06. The molecule has 0 aliphatic rings. The first-order chi connectivity index (χ1) is 9.42. The summed E-state index contributed by atoms with van der Waals surface area (Å²) < 4.78 is 29.1. The number of rotatable bonds is 7. The lowest BCUT2D eigenvalue weighted by Crippen LogP contribution is -2.39. The van der Waals surface area contributed by atoms with Crippen molar-refractivity contribution in [1.82, 2.24) is 15.4 Å². The lowest BCUT2D eigenvalue weighted by molar-refractivity contribution is 0.240.